The molecule has 66 heavy (non-hydrogen) atoms. The van der Waals surface area contributed by atoms with Crippen LogP contribution in [-0.2, 0) is 26.2 Å². The second-order valence-electron chi connectivity index (χ2n) is 17.7. The van der Waals surface area contributed by atoms with Crippen molar-refractivity contribution in [1.29, 1.82) is 0 Å². The quantitative estimate of drug-likeness (QED) is 0.124. The van der Waals surface area contributed by atoms with Crippen molar-refractivity contribution >= 4 is 33.8 Å². The number of H-pyrrole nitrogens is 2. The monoisotopic (exact) mass is 869 g/mol. The highest BCUT2D eigenvalue weighted by Gasteiger charge is 2.23. The third-order valence-corrected chi connectivity index (χ3v) is 13.0. The number of aliphatic imine (C=N–C) groups is 2. The Bertz CT molecular complexity index is 3140. The number of amides is 1. The number of rotatable bonds is 10. The van der Waals surface area contributed by atoms with E-state index in [-0.39, 0.29) is 5.91 Å². The summed E-state index contributed by atoms with van der Waals surface area (Å²) in [6, 6.07) is 43.1. The van der Waals surface area contributed by atoms with E-state index in [9.17, 15) is 4.79 Å². The molecule has 2 fully saturated rings. The van der Waals surface area contributed by atoms with E-state index in [0.717, 1.165) is 114 Å². The predicted molar refractivity (Wildman–Crippen MR) is 261 cm³/mol. The molecule has 328 valence electrons. The highest BCUT2D eigenvalue weighted by molar-refractivity contribution is 6.17. The first kappa shape index (κ1) is 41.3. The number of likely N-dealkylation sites (tertiary alicyclic amines) is 2. The normalized spacial score (nSPS) is 15.6. The number of fused-ring (bicyclic) bond motifs is 3. The van der Waals surface area contributed by atoms with Gasteiger partial charge in [0.25, 0.3) is 5.91 Å². The molecular weight excluding hydrogens is 819 g/mol. The van der Waals surface area contributed by atoms with Crippen LogP contribution in [0.25, 0.3) is 33.5 Å². The second-order valence-corrected chi connectivity index (χ2v) is 17.7. The number of nitrogens with one attached hydrogen (secondary N) is 3. The van der Waals surface area contributed by atoms with E-state index >= 15 is 0 Å². The number of aromatic amines is 2. The first-order valence-electron chi connectivity index (χ1n) is 23.1. The summed E-state index contributed by atoms with van der Waals surface area (Å²) in [5.74, 6) is 3.16. The molecule has 6 aromatic carbocycles. The molecule has 2 saturated heterocycles. The van der Waals surface area contributed by atoms with E-state index in [4.69, 9.17) is 20.0 Å². The number of nitrogens with zero attached hydrogens (tertiary/aromatic N) is 8. The first-order chi connectivity index (χ1) is 32.5. The fraction of sp³-hybridized carbons (Fsp3) is 0.241. The van der Waals surface area contributed by atoms with Gasteiger partial charge in [-0.3, -0.25) is 34.8 Å². The van der Waals surface area contributed by atoms with E-state index in [2.05, 4.69) is 115 Å². The third-order valence-electron chi connectivity index (χ3n) is 13.0. The lowest BCUT2D eigenvalue weighted by Gasteiger charge is -2.11. The van der Waals surface area contributed by atoms with Gasteiger partial charge in [-0.25, -0.2) is 9.97 Å². The van der Waals surface area contributed by atoms with Crippen molar-refractivity contribution in [2.75, 3.05) is 31.5 Å². The van der Waals surface area contributed by atoms with Crippen molar-refractivity contribution in [3.8, 4) is 22.8 Å². The average Bonchev–Trinajstić information content (AvgIpc) is 4.22. The number of aryl methyl sites for hydroxylation is 1. The van der Waals surface area contributed by atoms with Gasteiger partial charge in [0, 0.05) is 44.6 Å². The van der Waals surface area contributed by atoms with Crippen LogP contribution in [0, 0.1) is 6.92 Å². The number of hydrogen-bond acceptors (Lipinski definition) is 9. The molecular formula is C54H51N11O. The minimum Gasteiger partial charge on any atom is -0.322 e. The third kappa shape index (κ3) is 8.85. The Morgan fingerprint density at radius 3 is 1.71 bits per heavy atom. The Hall–Kier alpha value is -7.41. The lowest BCUT2D eigenvalue weighted by atomic mass is 9.96. The van der Waals surface area contributed by atoms with Gasteiger partial charge < -0.3 is 5.32 Å². The van der Waals surface area contributed by atoms with Crippen molar-refractivity contribution in [3.63, 3.8) is 0 Å². The highest BCUT2D eigenvalue weighted by atomic mass is 16.1. The van der Waals surface area contributed by atoms with Gasteiger partial charge in [0.2, 0.25) is 0 Å². The number of hydrogen-bond donors (Lipinski definition) is 3. The van der Waals surface area contributed by atoms with Gasteiger partial charge in [0.15, 0.2) is 11.6 Å². The van der Waals surface area contributed by atoms with Gasteiger partial charge >= 0.3 is 0 Å². The SMILES string of the molecule is Cc1ccc2cc(C3=NCc4ccc(-c5n[nH]c(CN6CCCC6)n5)cc43)ccc2c1.O=C(Nc1ccccc1)c1cccc(C2=NCc3ccc(-c4n[nH]c(CN5CCCC5)n4)cc32)c1. The molecule has 2 aromatic heterocycles. The topological polar surface area (TPSA) is 143 Å². The van der Waals surface area contributed by atoms with Crippen LogP contribution in [0.15, 0.2) is 137 Å². The van der Waals surface area contributed by atoms with Crippen molar-refractivity contribution in [3.05, 3.63) is 184 Å². The summed E-state index contributed by atoms with van der Waals surface area (Å²) in [7, 11) is 0. The molecule has 4 aliphatic rings. The highest BCUT2D eigenvalue weighted by Crippen LogP contribution is 2.31. The van der Waals surface area contributed by atoms with Crippen LogP contribution in [0.4, 0.5) is 5.69 Å². The van der Waals surface area contributed by atoms with E-state index < -0.39 is 0 Å². The van der Waals surface area contributed by atoms with Gasteiger partial charge in [-0.1, -0.05) is 90.5 Å². The molecule has 12 heteroatoms. The number of anilines is 1. The van der Waals surface area contributed by atoms with E-state index in [0.29, 0.717) is 17.9 Å². The van der Waals surface area contributed by atoms with Gasteiger partial charge in [-0.2, -0.15) is 10.2 Å². The van der Waals surface area contributed by atoms with Gasteiger partial charge in [-0.15, -0.1) is 0 Å². The molecule has 12 rings (SSSR count). The molecule has 0 radical (unpaired) electrons. The minimum absolute atomic E-state index is 0.142. The lowest BCUT2D eigenvalue weighted by molar-refractivity contribution is 0.102. The Balaban J connectivity index is 0.000000147. The Labute approximate surface area is 384 Å². The maximum absolute atomic E-state index is 12.8. The molecule has 0 bridgehead atoms. The van der Waals surface area contributed by atoms with Crippen molar-refractivity contribution < 1.29 is 4.79 Å². The van der Waals surface area contributed by atoms with Crippen LogP contribution >= 0.6 is 0 Å². The first-order valence-corrected chi connectivity index (χ1v) is 23.1. The zero-order valence-electron chi connectivity index (χ0n) is 37.1. The number of benzene rings is 6. The van der Waals surface area contributed by atoms with Crippen LogP contribution in [0.1, 0.15) is 86.6 Å². The summed E-state index contributed by atoms with van der Waals surface area (Å²) in [5.41, 5.74) is 13.4. The van der Waals surface area contributed by atoms with Crippen LogP contribution in [-0.4, -0.2) is 83.7 Å². The summed E-state index contributed by atoms with van der Waals surface area (Å²) in [6.07, 6.45) is 5.07. The van der Waals surface area contributed by atoms with Crippen LogP contribution in [0.3, 0.4) is 0 Å². The summed E-state index contributed by atoms with van der Waals surface area (Å²) in [5, 5.41) is 20.7. The van der Waals surface area contributed by atoms with E-state index in [1.807, 2.05) is 54.6 Å². The molecule has 0 saturated carbocycles. The number of carbonyl (C=O) groups excluding carboxylic acids is 1. The van der Waals surface area contributed by atoms with Crippen molar-refractivity contribution in [1.82, 2.24) is 40.2 Å². The molecule has 0 aliphatic carbocycles. The van der Waals surface area contributed by atoms with Gasteiger partial charge in [0.05, 0.1) is 37.6 Å². The molecule has 4 aliphatic heterocycles. The number of aromatic nitrogens is 6. The Kier molecular flexibility index (Phi) is 11.4. The number of para-hydroxylation sites is 1. The molecule has 8 aromatic rings. The fourth-order valence-electron chi connectivity index (χ4n) is 9.48. The number of carbonyl (C=O) groups is 1. The zero-order chi connectivity index (χ0) is 44.4. The summed E-state index contributed by atoms with van der Waals surface area (Å²) >= 11 is 0. The molecule has 0 unspecified atom stereocenters. The van der Waals surface area contributed by atoms with Gasteiger partial charge in [-0.05, 0) is 123 Å². The summed E-state index contributed by atoms with van der Waals surface area (Å²) in [6.45, 7) is 9.69. The molecule has 1 amide bonds. The van der Waals surface area contributed by atoms with Gasteiger partial charge in [0.1, 0.15) is 11.6 Å². The molecule has 6 heterocycles. The maximum Gasteiger partial charge on any atom is 0.255 e. The maximum atomic E-state index is 12.8. The van der Waals surface area contributed by atoms with Crippen LogP contribution in [0.2, 0.25) is 0 Å². The largest absolute Gasteiger partial charge is 0.322 e. The Morgan fingerprint density at radius 1 is 0.561 bits per heavy atom. The Morgan fingerprint density at radius 2 is 1.11 bits per heavy atom. The van der Waals surface area contributed by atoms with Crippen molar-refractivity contribution in [2.45, 2.75) is 58.8 Å². The molecule has 0 atom stereocenters. The smallest absolute Gasteiger partial charge is 0.255 e. The standard InChI is InChI=1S/C28H26N6O.C26H25N5/c35-28(30-23-9-2-1-3-10-23)21-8-6-7-19(15-21)26-24-16-20(11-12-22(24)17-29-26)27-31-25(32-33-27)18-34-13-4-5-14-34;1-17-4-5-19-13-20(7-6-18(19)12-17)25-23-14-21(8-9-22(23)15-27-25)26-28-24(29-30-26)16-31-10-2-3-11-31/h1-3,6-12,15-16H,4-5,13-14,17-18H2,(H,30,35)(H,31,32,33);4-9,12-14H,2-3,10-11,15-16H2,1H3,(H,28,29,30). The molecule has 0 spiro atoms. The zero-order valence-corrected chi connectivity index (χ0v) is 37.1. The second kappa shape index (κ2) is 18.2. The minimum atomic E-state index is -0.142. The summed E-state index contributed by atoms with van der Waals surface area (Å²) < 4.78 is 0. The van der Waals surface area contributed by atoms with Crippen molar-refractivity contribution in [2.24, 2.45) is 9.98 Å². The van der Waals surface area contributed by atoms with Crippen LogP contribution in [0.5, 0.6) is 0 Å². The van der Waals surface area contributed by atoms with E-state index in [1.54, 1.807) is 0 Å². The van der Waals surface area contributed by atoms with E-state index in [1.165, 1.54) is 53.1 Å². The summed E-state index contributed by atoms with van der Waals surface area (Å²) in [4.78, 5) is 36.8. The van der Waals surface area contributed by atoms with Crippen LogP contribution < -0.4 is 5.32 Å². The average molecular weight is 870 g/mol. The molecule has 3 N–H and O–H groups in total. The lowest BCUT2D eigenvalue weighted by Crippen LogP contribution is -2.19. The fourth-order valence-corrected chi connectivity index (χ4v) is 9.48. The molecule has 12 nitrogen and oxygen atoms in total. The predicted octanol–water partition coefficient (Wildman–Crippen LogP) is 9.55.